The van der Waals surface area contributed by atoms with Crippen molar-refractivity contribution < 1.29 is 36.2 Å². The highest BCUT2D eigenvalue weighted by molar-refractivity contribution is 6.30. The normalized spacial score (nSPS) is 14.3. The lowest BCUT2D eigenvalue weighted by Gasteiger charge is -2.35. The molecule has 0 amide bonds. The molecule has 0 radical (unpaired) electrons. The molecule has 0 fully saturated rings. The molecular formula is C17H12ClF6N5O2. The van der Waals surface area contributed by atoms with Crippen LogP contribution in [0.5, 0.6) is 5.75 Å². The highest BCUT2D eigenvalue weighted by Gasteiger charge is 2.58. The number of halogens is 7. The number of tetrazole rings is 1. The number of pyridine rings is 1. The third-order valence-corrected chi connectivity index (χ3v) is 4.35. The van der Waals surface area contributed by atoms with Crippen LogP contribution in [0.2, 0.25) is 5.02 Å². The first-order chi connectivity index (χ1) is 14.4. The molecule has 166 valence electrons. The number of rotatable bonds is 7. The van der Waals surface area contributed by atoms with Crippen molar-refractivity contribution in [3.8, 4) is 5.75 Å². The first-order valence-corrected chi connectivity index (χ1v) is 8.73. The Bertz CT molecular complexity index is 1030. The summed E-state index contributed by atoms with van der Waals surface area (Å²) in [5.41, 5.74) is -5.17. The van der Waals surface area contributed by atoms with Crippen molar-refractivity contribution in [3.05, 3.63) is 65.0 Å². The second kappa shape index (κ2) is 8.30. The van der Waals surface area contributed by atoms with Gasteiger partial charge in [0.05, 0.1) is 6.20 Å². The highest BCUT2D eigenvalue weighted by Crippen LogP contribution is 2.47. The predicted octanol–water partition coefficient (Wildman–Crippen LogP) is 3.48. The number of alkyl halides is 5. The van der Waals surface area contributed by atoms with E-state index in [1.165, 1.54) is 0 Å². The SMILES string of the molecule is OC(Cn1ncnn1)(c1ccc(Cl)cc1F)C(F)(F)c1ccc(OCC(F)(F)F)cn1. The molecule has 31 heavy (non-hydrogen) atoms. The molecule has 7 nitrogen and oxygen atoms in total. The van der Waals surface area contributed by atoms with Crippen LogP contribution in [0.1, 0.15) is 11.3 Å². The Morgan fingerprint density at radius 2 is 1.84 bits per heavy atom. The molecule has 0 bridgehead atoms. The summed E-state index contributed by atoms with van der Waals surface area (Å²) in [4.78, 5) is 4.02. The third-order valence-electron chi connectivity index (χ3n) is 4.12. The number of nitrogens with zero attached hydrogens (tertiary/aromatic N) is 5. The quantitative estimate of drug-likeness (QED) is 0.535. The number of hydrogen-bond acceptors (Lipinski definition) is 6. The van der Waals surface area contributed by atoms with E-state index in [1.54, 1.807) is 0 Å². The van der Waals surface area contributed by atoms with Gasteiger partial charge in [-0.2, -0.15) is 26.7 Å². The Morgan fingerprint density at radius 1 is 1.10 bits per heavy atom. The minimum absolute atomic E-state index is 0.102. The summed E-state index contributed by atoms with van der Waals surface area (Å²) in [6.45, 7) is -2.69. The van der Waals surface area contributed by atoms with Crippen LogP contribution in [0.4, 0.5) is 26.3 Å². The van der Waals surface area contributed by atoms with Crippen LogP contribution in [0.3, 0.4) is 0 Å². The fraction of sp³-hybridized carbons (Fsp3) is 0.294. The molecule has 1 N–H and O–H groups in total. The lowest BCUT2D eigenvalue weighted by molar-refractivity contribution is -0.209. The number of aliphatic hydroxyl groups is 1. The Labute approximate surface area is 175 Å². The van der Waals surface area contributed by atoms with Gasteiger partial charge < -0.3 is 9.84 Å². The van der Waals surface area contributed by atoms with Crippen molar-refractivity contribution in [1.29, 1.82) is 0 Å². The molecular weight excluding hydrogens is 456 g/mol. The summed E-state index contributed by atoms with van der Waals surface area (Å²) >= 11 is 5.66. The van der Waals surface area contributed by atoms with E-state index in [1.807, 2.05) is 0 Å². The van der Waals surface area contributed by atoms with Crippen molar-refractivity contribution in [2.45, 2.75) is 24.2 Å². The van der Waals surface area contributed by atoms with Gasteiger partial charge in [0.2, 0.25) is 0 Å². The van der Waals surface area contributed by atoms with E-state index in [9.17, 15) is 22.7 Å². The largest absolute Gasteiger partial charge is 0.483 e. The van der Waals surface area contributed by atoms with Crippen LogP contribution in [0.15, 0.2) is 42.9 Å². The van der Waals surface area contributed by atoms with E-state index in [0.717, 1.165) is 30.6 Å². The smallest absolute Gasteiger partial charge is 0.422 e. The van der Waals surface area contributed by atoms with E-state index in [0.29, 0.717) is 17.1 Å². The Kier molecular flexibility index (Phi) is 6.09. The molecule has 2 heterocycles. The number of benzene rings is 1. The van der Waals surface area contributed by atoms with Crippen LogP contribution in [-0.2, 0) is 18.1 Å². The average Bonchev–Trinajstić information content (AvgIpc) is 3.18. The molecule has 2 aromatic heterocycles. The first kappa shape index (κ1) is 22.7. The summed E-state index contributed by atoms with van der Waals surface area (Å²) in [5, 5.41) is 21.2. The van der Waals surface area contributed by atoms with Crippen molar-refractivity contribution in [3.63, 3.8) is 0 Å². The summed E-state index contributed by atoms with van der Waals surface area (Å²) in [5.74, 6) is -5.94. The molecule has 0 aliphatic carbocycles. The third kappa shape index (κ3) is 4.88. The summed E-state index contributed by atoms with van der Waals surface area (Å²) < 4.78 is 86.5. The van der Waals surface area contributed by atoms with Crippen LogP contribution < -0.4 is 4.74 Å². The molecule has 1 unspecified atom stereocenters. The summed E-state index contributed by atoms with van der Waals surface area (Å²) in [6, 6.07) is 4.16. The molecule has 0 aliphatic heterocycles. The maximum Gasteiger partial charge on any atom is 0.422 e. The van der Waals surface area contributed by atoms with Gasteiger partial charge in [-0.3, -0.25) is 4.98 Å². The fourth-order valence-electron chi connectivity index (χ4n) is 2.67. The van der Waals surface area contributed by atoms with Crippen LogP contribution >= 0.6 is 11.6 Å². The van der Waals surface area contributed by atoms with Gasteiger partial charge in [0.15, 0.2) is 18.5 Å². The number of hydrogen-bond donors (Lipinski definition) is 1. The highest BCUT2D eigenvalue weighted by atomic mass is 35.5. The van der Waals surface area contributed by atoms with E-state index >= 15 is 8.78 Å². The minimum Gasteiger partial charge on any atom is -0.483 e. The van der Waals surface area contributed by atoms with Gasteiger partial charge in [-0.05, 0) is 29.5 Å². The van der Waals surface area contributed by atoms with Crippen molar-refractivity contribution >= 4 is 11.6 Å². The zero-order valence-electron chi connectivity index (χ0n) is 15.2. The number of ether oxygens (including phenoxy) is 1. The maximum absolute atomic E-state index is 15.4. The van der Waals surface area contributed by atoms with Gasteiger partial charge in [-0.1, -0.05) is 17.7 Å². The van der Waals surface area contributed by atoms with Crippen LogP contribution in [0.25, 0.3) is 0 Å². The molecule has 3 aromatic rings. The summed E-state index contributed by atoms with van der Waals surface area (Å²) in [7, 11) is 0. The predicted molar refractivity (Wildman–Crippen MR) is 92.8 cm³/mol. The van der Waals surface area contributed by atoms with E-state index < -0.39 is 53.7 Å². The zero-order valence-corrected chi connectivity index (χ0v) is 15.9. The van der Waals surface area contributed by atoms with Crippen LogP contribution in [0, 0.1) is 5.82 Å². The Balaban J connectivity index is 2.01. The topological polar surface area (TPSA) is 86.0 Å². The molecule has 0 spiro atoms. The molecule has 0 saturated carbocycles. The molecule has 1 aromatic carbocycles. The second-order valence-electron chi connectivity index (χ2n) is 6.31. The van der Waals surface area contributed by atoms with Gasteiger partial charge in [-0.15, -0.1) is 10.2 Å². The maximum atomic E-state index is 15.4. The lowest BCUT2D eigenvalue weighted by atomic mass is 9.84. The van der Waals surface area contributed by atoms with Crippen molar-refractivity contribution in [2.75, 3.05) is 6.61 Å². The van der Waals surface area contributed by atoms with Crippen LogP contribution in [-0.4, -0.2) is 43.1 Å². The monoisotopic (exact) mass is 467 g/mol. The Morgan fingerprint density at radius 3 is 2.39 bits per heavy atom. The van der Waals surface area contributed by atoms with Crippen molar-refractivity contribution in [1.82, 2.24) is 25.2 Å². The standard InChI is InChI=1S/C17H12ClF6N5O2/c18-10-1-3-12(13(19)5-10)15(30,7-29-27-9-26-28-29)17(23,24)14-4-2-11(6-25-14)31-8-16(20,21)22/h1-6,9,30H,7-8H2. The zero-order chi connectivity index (χ0) is 22.9. The number of aromatic nitrogens is 5. The van der Waals surface area contributed by atoms with Gasteiger partial charge >= 0.3 is 12.1 Å². The first-order valence-electron chi connectivity index (χ1n) is 8.35. The molecule has 14 heteroatoms. The molecule has 3 rings (SSSR count). The minimum atomic E-state index is -4.64. The molecule has 0 saturated heterocycles. The van der Waals surface area contributed by atoms with E-state index in [-0.39, 0.29) is 5.02 Å². The fourth-order valence-corrected chi connectivity index (χ4v) is 2.83. The van der Waals surface area contributed by atoms with Crippen molar-refractivity contribution in [2.24, 2.45) is 0 Å². The van der Waals surface area contributed by atoms with E-state index in [2.05, 4.69) is 25.1 Å². The van der Waals surface area contributed by atoms with E-state index in [4.69, 9.17) is 11.6 Å². The van der Waals surface area contributed by atoms with Gasteiger partial charge in [-0.25, -0.2) is 4.39 Å². The lowest BCUT2D eigenvalue weighted by Crippen LogP contribution is -2.48. The average molecular weight is 468 g/mol. The Hall–Kier alpha value is -2.93. The molecule has 0 aliphatic rings. The van der Waals surface area contributed by atoms with Gasteiger partial charge in [0.25, 0.3) is 0 Å². The molecule has 1 atom stereocenters. The summed E-state index contributed by atoms with van der Waals surface area (Å²) in [6.07, 6.45) is -3.09. The second-order valence-corrected chi connectivity index (χ2v) is 6.74. The van der Waals surface area contributed by atoms with Gasteiger partial charge in [0, 0.05) is 10.6 Å². The van der Waals surface area contributed by atoms with Gasteiger partial charge in [0.1, 0.15) is 23.8 Å².